The van der Waals surface area contributed by atoms with E-state index in [-0.39, 0.29) is 0 Å². The zero-order valence-electron chi connectivity index (χ0n) is 11.2. The standard InChI is InChI=1S/C14H21NO3/c1-4-9-14(2,13(16)17)15-10-11-5-7-12(18-3)8-6-11/h5-8,15H,4,9-10H2,1-3H3,(H,16,17). The molecular weight excluding hydrogens is 230 g/mol. The average molecular weight is 251 g/mol. The summed E-state index contributed by atoms with van der Waals surface area (Å²) in [5.74, 6) is -0.00818. The molecule has 0 aliphatic carbocycles. The number of carboxylic acids is 1. The third kappa shape index (κ3) is 3.74. The molecule has 0 radical (unpaired) electrons. The first-order chi connectivity index (χ1) is 8.51. The first kappa shape index (κ1) is 14.5. The van der Waals surface area contributed by atoms with Gasteiger partial charge in [0.1, 0.15) is 11.3 Å². The molecule has 4 nitrogen and oxygen atoms in total. The molecule has 18 heavy (non-hydrogen) atoms. The van der Waals surface area contributed by atoms with Crippen molar-refractivity contribution in [1.29, 1.82) is 0 Å². The van der Waals surface area contributed by atoms with Gasteiger partial charge in [-0.25, -0.2) is 0 Å². The summed E-state index contributed by atoms with van der Waals surface area (Å²) in [6.07, 6.45) is 1.44. The van der Waals surface area contributed by atoms with Gasteiger partial charge in [-0.05, 0) is 31.0 Å². The minimum absolute atomic E-state index is 0.535. The normalized spacial score (nSPS) is 13.9. The molecule has 0 aliphatic rings. The van der Waals surface area contributed by atoms with E-state index in [2.05, 4.69) is 5.32 Å². The van der Waals surface area contributed by atoms with Gasteiger partial charge in [0, 0.05) is 6.54 Å². The molecule has 0 spiro atoms. The van der Waals surface area contributed by atoms with E-state index in [0.29, 0.717) is 13.0 Å². The topological polar surface area (TPSA) is 58.6 Å². The summed E-state index contributed by atoms with van der Waals surface area (Å²) in [4.78, 5) is 11.3. The van der Waals surface area contributed by atoms with Crippen LogP contribution in [0.25, 0.3) is 0 Å². The van der Waals surface area contributed by atoms with Crippen molar-refractivity contribution in [2.75, 3.05) is 7.11 Å². The second-order valence-electron chi connectivity index (χ2n) is 4.59. The van der Waals surface area contributed by atoms with Crippen molar-refractivity contribution in [3.05, 3.63) is 29.8 Å². The number of hydrogen-bond acceptors (Lipinski definition) is 3. The van der Waals surface area contributed by atoms with Gasteiger partial charge in [0.25, 0.3) is 0 Å². The van der Waals surface area contributed by atoms with Crippen molar-refractivity contribution in [2.24, 2.45) is 0 Å². The number of nitrogens with one attached hydrogen (secondary N) is 1. The molecule has 1 aromatic rings. The third-order valence-electron chi connectivity index (χ3n) is 3.06. The molecule has 0 saturated carbocycles. The maximum atomic E-state index is 11.3. The van der Waals surface area contributed by atoms with E-state index in [9.17, 15) is 9.90 Å². The zero-order chi connectivity index (χ0) is 13.6. The van der Waals surface area contributed by atoms with Gasteiger partial charge in [-0.3, -0.25) is 10.1 Å². The number of methoxy groups -OCH3 is 1. The van der Waals surface area contributed by atoms with Gasteiger partial charge in [0.15, 0.2) is 0 Å². The SMILES string of the molecule is CCCC(C)(NCc1ccc(OC)cc1)C(=O)O. The maximum Gasteiger partial charge on any atom is 0.323 e. The van der Waals surface area contributed by atoms with Gasteiger partial charge in [-0.1, -0.05) is 25.5 Å². The van der Waals surface area contributed by atoms with Crippen molar-refractivity contribution in [1.82, 2.24) is 5.32 Å². The Morgan fingerprint density at radius 1 is 1.39 bits per heavy atom. The monoisotopic (exact) mass is 251 g/mol. The Morgan fingerprint density at radius 3 is 2.44 bits per heavy atom. The third-order valence-corrected chi connectivity index (χ3v) is 3.06. The molecule has 0 aliphatic heterocycles. The molecule has 0 saturated heterocycles. The fourth-order valence-electron chi connectivity index (χ4n) is 1.81. The number of rotatable bonds is 7. The highest BCUT2D eigenvalue weighted by molar-refractivity contribution is 5.78. The highest BCUT2D eigenvalue weighted by Crippen LogP contribution is 2.15. The van der Waals surface area contributed by atoms with Gasteiger partial charge < -0.3 is 9.84 Å². The Kier molecular flexibility index (Phi) is 5.16. The van der Waals surface area contributed by atoms with E-state index in [0.717, 1.165) is 17.7 Å². The van der Waals surface area contributed by atoms with Crippen LogP contribution in [0, 0.1) is 0 Å². The van der Waals surface area contributed by atoms with Gasteiger partial charge >= 0.3 is 5.97 Å². The first-order valence-corrected chi connectivity index (χ1v) is 6.13. The zero-order valence-corrected chi connectivity index (χ0v) is 11.2. The van der Waals surface area contributed by atoms with Gasteiger partial charge in [0.05, 0.1) is 7.11 Å². The lowest BCUT2D eigenvalue weighted by molar-refractivity contribution is -0.144. The highest BCUT2D eigenvalue weighted by atomic mass is 16.5. The van der Waals surface area contributed by atoms with E-state index in [1.54, 1.807) is 14.0 Å². The van der Waals surface area contributed by atoms with Gasteiger partial charge in [-0.2, -0.15) is 0 Å². The predicted octanol–water partition coefficient (Wildman–Crippen LogP) is 2.43. The lowest BCUT2D eigenvalue weighted by Crippen LogP contribution is -2.48. The molecule has 1 atom stereocenters. The molecule has 0 amide bonds. The van der Waals surface area contributed by atoms with E-state index in [1.807, 2.05) is 31.2 Å². The molecule has 1 aromatic carbocycles. The second kappa shape index (κ2) is 6.40. The van der Waals surface area contributed by atoms with Gasteiger partial charge in [0.2, 0.25) is 0 Å². The second-order valence-corrected chi connectivity index (χ2v) is 4.59. The Hall–Kier alpha value is -1.55. The van der Waals surface area contributed by atoms with E-state index >= 15 is 0 Å². The van der Waals surface area contributed by atoms with Crippen LogP contribution in [-0.2, 0) is 11.3 Å². The molecule has 0 fully saturated rings. The quantitative estimate of drug-likeness (QED) is 0.781. The summed E-state index contributed by atoms with van der Waals surface area (Å²) in [5.41, 5.74) is 0.175. The Balaban J connectivity index is 2.64. The van der Waals surface area contributed by atoms with Gasteiger partial charge in [-0.15, -0.1) is 0 Å². The minimum atomic E-state index is -0.866. The first-order valence-electron chi connectivity index (χ1n) is 6.13. The van der Waals surface area contributed by atoms with Crippen molar-refractivity contribution in [3.8, 4) is 5.75 Å². The molecule has 4 heteroatoms. The number of carboxylic acid groups (broad SMARTS) is 1. The summed E-state index contributed by atoms with van der Waals surface area (Å²) in [7, 11) is 1.62. The Morgan fingerprint density at radius 2 is 2.00 bits per heavy atom. The van der Waals surface area contributed by atoms with E-state index in [4.69, 9.17) is 4.74 Å². The van der Waals surface area contributed by atoms with Crippen LogP contribution in [0.5, 0.6) is 5.75 Å². The maximum absolute atomic E-state index is 11.3. The molecule has 1 unspecified atom stereocenters. The minimum Gasteiger partial charge on any atom is -0.497 e. The van der Waals surface area contributed by atoms with Crippen LogP contribution >= 0.6 is 0 Å². The molecule has 0 bridgehead atoms. The lowest BCUT2D eigenvalue weighted by Gasteiger charge is -2.26. The van der Waals surface area contributed by atoms with Crippen LogP contribution in [-0.4, -0.2) is 23.7 Å². The number of ether oxygens (including phenoxy) is 1. The summed E-state index contributed by atoms with van der Waals surface area (Å²) >= 11 is 0. The molecule has 0 aromatic heterocycles. The molecule has 0 heterocycles. The smallest absolute Gasteiger partial charge is 0.323 e. The predicted molar refractivity (Wildman–Crippen MR) is 70.8 cm³/mol. The summed E-state index contributed by atoms with van der Waals surface area (Å²) in [6, 6.07) is 7.60. The molecule has 1 rings (SSSR count). The number of benzene rings is 1. The van der Waals surface area contributed by atoms with Crippen molar-refractivity contribution < 1.29 is 14.6 Å². The van der Waals surface area contributed by atoms with E-state index in [1.165, 1.54) is 0 Å². The van der Waals surface area contributed by atoms with Crippen LogP contribution in [0.4, 0.5) is 0 Å². The molecule has 100 valence electrons. The van der Waals surface area contributed by atoms with E-state index < -0.39 is 11.5 Å². The number of hydrogen-bond donors (Lipinski definition) is 2. The summed E-state index contributed by atoms with van der Waals surface area (Å²) in [6.45, 7) is 4.24. The number of aliphatic carboxylic acids is 1. The Bertz CT molecular complexity index is 389. The number of carbonyl (C=O) groups is 1. The fourth-order valence-corrected chi connectivity index (χ4v) is 1.81. The van der Waals surface area contributed by atoms with Crippen LogP contribution in [0.2, 0.25) is 0 Å². The Labute approximate surface area is 108 Å². The summed E-state index contributed by atoms with van der Waals surface area (Å²) in [5, 5.41) is 12.4. The van der Waals surface area contributed by atoms with Crippen LogP contribution in [0.3, 0.4) is 0 Å². The fraction of sp³-hybridized carbons (Fsp3) is 0.500. The van der Waals surface area contributed by atoms with Crippen LogP contribution in [0.1, 0.15) is 32.3 Å². The lowest BCUT2D eigenvalue weighted by atomic mass is 9.96. The highest BCUT2D eigenvalue weighted by Gasteiger charge is 2.31. The van der Waals surface area contributed by atoms with Crippen molar-refractivity contribution in [2.45, 2.75) is 38.8 Å². The molecule has 2 N–H and O–H groups in total. The molecular formula is C14H21NO3. The van der Waals surface area contributed by atoms with Crippen molar-refractivity contribution >= 4 is 5.97 Å². The van der Waals surface area contributed by atoms with Crippen LogP contribution < -0.4 is 10.1 Å². The van der Waals surface area contributed by atoms with Crippen molar-refractivity contribution in [3.63, 3.8) is 0 Å². The largest absolute Gasteiger partial charge is 0.497 e. The van der Waals surface area contributed by atoms with Crippen LogP contribution in [0.15, 0.2) is 24.3 Å². The summed E-state index contributed by atoms with van der Waals surface area (Å²) < 4.78 is 5.08. The average Bonchev–Trinajstić information content (AvgIpc) is 2.37.